The van der Waals surface area contributed by atoms with Crippen LogP contribution in [0.3, 0.4) is 0 Å². The molecule has 3 N–H and O–H groups in total. The summed E-state index contributed by atoms with van der Waals surface area (Å²) in [6.07, 6.45) is 2.09. The highest BCUT2D eigenvalue weighted by Gasteiger charge is 2.31. The normalized spacial score (nSPS) is 24.4. The minimum atomic E-state index is -3.57. The van der Waals surface area contributed by atoms with Gasteiger partial charge in [0.15, 0.2) is 0 Å². The molecule has 0 bridgehead atoms. The zero-order valence-corrected chi connectivity index (χ0v) is 14.4. The summed E-state index contributed by atoms with van der Waals surface area (Å²) in [5.41, 5.74) is 0.509. The molecule has 8 heteroatoms. The van der Waals surface area contributed by atoms with Crippen molar-refractivity contribution in [1.29, 1.82) is 0 Å². The molecule has 2 heterocycles. The van der Waals surface area contributed by atoms with Crippen molar-refractivity contribution in [2.75, 3.05) is 19.6 Å². The Balaban J connectivity index is 1.62. The third-order valence-electron chi connectivity index (χ3n) is 4.38. The number of amidine groups is 1. The van der Waals surface area contributed by atoms with Crippen molar-refractivity contribution in [3.63, 3.8) is 0 Å². The smallest absolute Gasteiger partial charge is 0.263 e. The molecule has 0 saturated carbocycles. The van der Waals surface area contributed by atoms with E-state index in [2.05, 4.69) is 20.3 Å². The van der Waals surface area contributed by atoms with Crippen molar-refractivity contribution in [1.82, 2.24) is 15.4 Å². The Morgan fingerprint density at radius 2 is 2.21 bits per heavy atom. The lowest BCUT2D eigenvalue weighted by Gasteiger charge is -2.12. The average Bonchev–Trinajstić information content (AvgIpc) is 3.15. The van der Waals surface area contributed by atoms with E-state index < -0.39 is 16.1 Å². The Bertz CT molecular complexity index is 754. The van der Waals surface area contributed by atoms with E-state index in [0.29, 0.717) is 18.0 Å². The number of aliphatic imine (C=N–C) groups is 1. The van der Waals surface area contributed by atoms with Gasteiger partial charge >= 0.3 is 0 Å². The minimum Gasteiger partial charge on any atom is -0.354 e. The number of nitrogens with zero attached hydrogens (tertiary/aromatic N) is 1. The molecule has 7 nitrogen and oxygen atoms in total. The standard InChI is InChI=1S/C16H22N4O3S/c1-11(16(21)18-9-7-12-6-8-17-10-12)19-15-13-4-2-3-5-14(13)24(22,23)20-15/h2-5,11-12,17H,6-10H2,1H3,(H,18,21)(H,19,20). The average molecular weight is 350 g/mol. The number of hydrogen-bond acceptors (Lipinski definition) is 5. The van der Waals surface area contributed by atoms with E-state index in [1.807, 2.05) is 0 Å². The Morgan fingerprint density at radius 3 is 2.96 bits per heavy atom. The Kier molecular flexibility index (Phi) is 4.86. The summed E-state index contributed by atoms with van der Waals surface area (Å²) in [4.78, 5) is 16.6. The van der Waals surface area contributed by atoms with Crippen LogP contribution in [0.25, 0.3) is 0 Å². The molecule has 1 aromatic rings. The van der Waals surface area contributed by atoms with Crippen LogP contribution in [0.15, 0.2) is 34.2 Å². The summed E-state index contributed by atoms with van der Waals surface area (Å²) < 4.78 is 26.5. The van der Waals surface area contributed by atoms with Gasteiger partial charge in [0.1, 0.15) is 11.9 Å². The van der Waals surface area contributed by atoms with Gasteiger partial charge in [0.25, 0.3) is 10.0 Å². The van der Waals surface area contributed by atoms with Crippen LogP contribution >= 0.6 is 0 Å². The molecule has 1 fully saturated rings. The second-order valence-corrected chi connectivity index (χ2v) is 7.84. The number of rotatable bonds is 5. The fourth-order valence-electron chi connectivity index (χ4n) is 2.99. The molecular weight excluding hydrogens is 328 g/mol. The van der Waals surface area contributed by atoms with Gasteiger partial charge in [0.2, 0.25) is 5.91 Å². The molecule has 2 aliphatic rings. The van der Waals surface area contributed by atoms with Crippen LogP contribution in [-0.2, 0) is 14.8 Å². The third kappa shape index (κ3) is 3.59. The van der Waals surface area contributed by atoms with Gasteiger partial charge in [-0.1, -0.05) is 12.1 Å². The summed E-state index contributed by atoms with van der Waals surface area (Å²) in [6.45, 7) is 4.33. The number of hydrogen-bond donors (Lipinski definition) is 3. The summed E-state index contributed by atoms with van der Waals surface area (Å²) >= 11 is 0. The molecule has 1 amide bonds. The monoisotopic (exact) mass is 350 g/mol. The number of sulfonamides is 1. The van der Waals surface area contributed by atoms with Gasteiger partial charge in [-0.05, 0) is 50.9 Å². The number of fused-ring (bicyclic) bond motifs is 1. The molecule has 0 radical (unpaired) electrons. The maximum Gasteiger partial charge on any atom is 0.263 e. The van der Waals surface area contributed by atoms with E-state index in [4.69, 9.17) is 0 Å². The molecule has 0 aromatic heterocycles. The van der Waals surface area contributed by atoms with Crippen molar-refractivity contribution in [3.8, 4) is 0 Å². The highest BCUT2D eigenvalue weighted by molar-refractivity contribution is 7.90. The molecule has 0 spiro atoms. The number of carbonyl (C=O) groups excluding carboxylic acids is 1. The lowest BCUT2D eigenvalue weighted by molar-refractivity contribution is -0.121. The maximum absolute atomic E-state index is 12.2. The Labute approximate surface area is 142 Å². The lowest BCUT2D eigenvalue weighted by atomic mass is 10.1. The van der Waals surface area contributed by atoms with Gasteiger partial charge in [-0.25, -0.2) is 8.42 Å². The molecule has 1 aromatic carbocycles. The number of carbonyl (C=O) groups is 1. The molecule has 130 valence electrons. The fourth-order valence-corrected chi connectivity index (χ4v) is 4.23. The molecule has 2 aliphatic heterocycles. The molecule has 3 rings (SSSR count). The van der Waals surface area contributed by atoms with Crippen molar-refractivity contribution in [3.05, 3.63) is 29.8 Å². The summed E-state index contributed by atoms with van der Waals surface area (Å²) in [7, 11) is -3.57. The van der Waals surface area contributed by atoms with Crippen LogP contribution < -0.4 is 15.4 Å². The van der Waals surface area contributed by atoms with Gasteiger partial charge in [0.05, 0.1) is 4.90 Å². The number of benzene rings is 1. The maximum atomic E-state index is 12.2. The van der Waals surface area contributed by atoms with E-state index in [0.717, 1.165) is 25.9 Å². The van der Waals surface area contributed by atoms with Crippen molar-refractivity contribution in [2.24, 2.45) is 10.9 Å². The number of nitrogens with one attached hydrogen (secondary N) is 3. The molecular formula is C16H22N4O3S. The van der Waals surface area contributed by atoms with Crippen LogP contribution in [-0.4, -0.2) is 45.8 Å². The molecule has 0 aliphatic carbocycles. The quantitative estimate of drug-likeness (QED) is 0.708. The summed E-state index contributed by atoms with van der Waals surface area (Å²) in [6, 6.07) is 5.96. The van der Waals surface area contributed by atoms with Crippen LogP contribution in [0.2, 0.25) is 0 Å². The van der Waals surface area contributed by atoms with Crippen molar-refractivity contribution < 1.29 is 13.2 Å². The number of amides is 1. The highest BCUT2D eigenvalue weighted by atomic mass is 32.2. The molecule has 2 unspecified atom stereocenters. The fraction of sp³-hybridized carbons (Fsp3) is 0.500. The van der Waals surface area contributed by atoms with E-state index in [1.54, 1.807) is 25.1 Å². The summed E-state index contributed by atoms with van der Waals surface area (Å²) in [5.74, 6) is 0.644. The first-order chi connectivity index (χ1) is 11.5. The zero-order chi connectivity index (χ0) is 17.2. The van der Waals surface area contributed by atoms with Crippen LogP contribution in [0, 0.1) is 5.92 Å². The first-order valence-electron chi connectivity index (χ1n) is 8.16. The second-order valence-electron chi connectivity index (χ2n) is 6.19. The minimum absolute atomic E-state index is 0.197. The van der Waals surface area contributed by atoms with Gasteiger partial charge in [-0.15, -0.1) is 0 Å². The van der Waals surface area contributed by atoms with E-state index in [-0.39, 0.29) is 16.6 Å². The molecule has 2 atom stereocenters. The largest absolute Gasteiger partial charge is 0.354 e. The van der Waals surface area contributed by atoms with E-state index in [9.17, 15) is 13.2 Å². The first-order valence-corrected chi connectivity index (χ1v) is 9.64. The predicted octanol–water partition coefficient (Wildman–Crippen LogP) is 0.229. The third-order valence-corrected chi connectivity index (χ3v) is 5.78. The molecule has 24 heavy (non-hydrogen) atoms. The van der Waals surface area contributed by atoms with Crippen molar-refractivity contribution >= 4 is 21.8 Å². The zero-order valence-electron chi connectivity index (χ0n) is 13.6. The van der Waals surface area contributed by atoms with Crippen LogP contribution in [0.4, 0.5) is 0 Å². The van der Waals surface area contributed by atoms with Crippen LogP contribution in [0.1, 0.15) is 25.3 Å². The topological polar surface area (TPSA) is 99.7 Å². The van der Waals surface area contributed by atoms with Gasteiger partial charge in [0, 0.05) is 12.1 Å². The highest BCUT2D eigenvalue weighted by Crippen LogP contribution is 2.22. The van der Waals surface area contributed by atoms with Gasteiger partial charge in [-0.3, -0.25) is 14.5 Å². The first kappa shape index (κ1) is 16.9. The van der Waals surface area contributed by atoms with Crippen molar-refractivity contribution in [2.45, 2.75) is 30.7 Å². The van der Waals surface area contributed by atoms with Gasteiger partial charge < -0.3 is 10.6 Å². The van der Waals surface area contributed by atoms with Gasteiger partial charge in [-0.2, -0.15) is 0 Å². The van der Waals surface area contributed by atoms with Crippen LogP contribution in [0.5, 0.6) is 0 Å². The SMILES string of the molecule is CC(N=C1NS(=O)(=O)c2ccccc21)C(=O)NCCC1CCNC1. The lowest BCUT2D eigenvalue weighted by Crippen LogP contribution is -2.35. The Hall–Kier alpha value is -1.93. The van der Waals surface area contributed by atoms with E-state index >= 15 is 0 Å². The predicted molar refractivity (Wildman–Crippen MR) is 91.4 cm³/mol. The second kappa shape index (κ2) is 6.90. The Morgan fingerprint density at radius 1 is 1.42 bits per heavy atom. The summed E-state index contributed by atoms with van der Waals surface area (Å²) in [5, 5.41) is 6.18. The molecule has 1 saturated heterocycles. The van der Waals surface area contributed by atoms with E-state index in [1.165, 1.54) is 6.07 Å².